The number of hydrazone groups is 1. The summed E-state index contributed by atoms with van der Waals surface area (Å²) in [6, 6.07) is 18.7. The molecule has 0 fully saturated rings. The first-order chi connectivity index (χ1) is 10.7. The highest BCUT2D eigenvalue weighted by Crippen LogP contribution is 2.18. The predicted octanol–water partition coefficient (Wildman–Crippen LogP) is 2.86. The minimum Gasteiger partial charge on any atom is -0.375 e. The lowest BCUT2D eigenvalue weighted by Gasteiger charge is -2.06. The molecule has 0 radical (unpaired) electrons. The quantitative estimate of drug-likeness (QED) is 0.443. The normalized spacial score (nSPS) is 11.1. The van der Waals surface area contributed by atoms with Crippen LogP contribution in [0.4, 0.5) is 0 Å². The first-order valence-electron chi connectivity index (χ1n) is 6.94. The van der Waals surface area contributed by atoms with E-state index in [0.29, 0.717) is 0 Å². The van der Waals surface area contributed by atoms with E-state index >= 15 is 0 Å². The van der Waals surface area contributed by atoms with Gasteiger partial charge in [-0.05, 0) is 40.9 Å². The molecule has 110 valence electrons. The fourth-order valence-corrected chi connectivity index (χ4v) is 2.42. The molecule has 1 aromatic heterocycles. The van der Waals surface area contributed by atoms with Gasteiger partial charge in [0.1, 0.15) is 0 Å². The van der Waals surface area contributed by atoms with Gasteiger partial charge in [-0.3, -0.25) is 5.43 Å². The summed E-state index contributed by atoms with van der Waals surface area (Å²) in [5, 5.41) is 5.36. The van der Waals surface area contributed by atoms with Crippen molar-refractivity contribution in [2.24, 2.45) is 10.8 Å². The Labute approximate surface area is 134 Å². The number of hydrogen-bond donors (Lipinski definition) is 2. The lowest BCUT2D eigenvalue weighted by molar-refractivity contribution is 0.837. The molecule has 2 aromatic carbocycles. The molecule has 0 atom stereocenters. The zero-order valence-electron chi connectivity index (χ0n) is 11.9. The number of nitrogens with zero attached hydrogens (tertiary/aromatic N) is 2. The van der Waals surface area contributed by atoms with E-state index in [1.807, 2.05) is 12.1 Å². The predicted molar refractivity (Wildman–Crippen MR) is 95.0 cm³/mol. The first kappa shape index (κ1) is 14.3. The van der Waals surface area contributed by atoms with Gasteiger partial charge in [-0.15, -0.1) is 0 Å². The third kappa shape index (κ3) is 3.32. The van der Waals surface area contributed by atoms with Gasteiger partial charge in [-0.2, -0.15) is 5.10 Å². The smallest absolute Gasteiger partial charge is 0.184 e. The van der Waals surface area contributed by atoms with Crippen molar-refractivity contribution >= 4 is 34.4 Å². The fraction of sp³-hybridized carbons (Fsp3) is 0.0588. The molecule has 0 aliphatic heterocycles. The van der Waals surface area contributed by atoms with Crippen LogP contribution >= 0.6 is 12.2 Å². The summed E-state index contributed by atoms with van der Waals surface area (Å²) in [4.78, 5) is 0. The van der Waals surface area contributed by atoms with Gasteiger partial charge < -0.3 is 10.3 Å². The SMILES string of the molecule is NC(=S)NN=Cc1ccc2ccn(Cc3ccccc3)c2c1. The molecule has 5 heteroatoms. The molecule has 4 nitrogen and oxygen atoms in total. The van der Waals surface area contributed by atoms with E-state index in [4.69, 9.17) is 18.0 Å². The summed E-state index contributed by atoms with van der Waals surface area (Å²) in [6.45, 7) is 0.843. The largest absolute Gasteiger partial charge is 0.375 e. The highest BCUT2D eigenvalue weighted by molar-refractivity contribution is 7.80. The molecule has 3 aromatic rings. The van der Waals surface area contributed by atoms with Gasteiger partial charge in [0.2, 0.25) is 0 Å². The van der Waals surface area contributed by atoms with Gasteiger partial charge in [0.25, 0.3) is 0 Å². The molecule has 0 saturated heterocycles. The number of thiocarbonyl (C=S) groups is 1. The Morgan fingerprint density at radius 2 is 2.00 bits per heavy atom. The van der Waals surface area contributed by atoms with Gasteiger partial charge >= 0.3 is 0 Å². The van der Waals surface area contributed by atoms with Gasteiger partial charge in [0, 0.05) is 18.3 Å². The molecule has 0 aliphatic carbocycles. The van der Waals surface area contributed by atoms with E-state index in [2.05, 4.69) is 63.8 Å². The second kappa shape index (κ2) is 6.41. The third-order valence-corrected chi connectivity index (χ3v) is 3.47. The monoisotopic (exact) mass is 308 g/mol. The highest BCUT2D eigenvalue weighted by atomic mass is 32.1. The number of benzene rings is 2. The lowest BCUT2D eigenvalue weighted by atomic mass is 10.2. The van der Waals surface area contributed by atoms with E-state index in [-0.39, 0.29) is 5.11 Å². The molecule has 0 aliphatic rings. The van der Waals surface area contributed by atoms with Crippen LogP contribution in [0.5, 0.6) is 0 Å². The van der Waals surface area contributed by atoms with E-state index < -0.39 is 0 Å². The Hall–Kier alpha value is -2.66. The number of nitrogens with two attached hydrogens (primary N) is 1. The summed E-state index contributed by atoms with van der Waals surface area (Å²) in [5.41, 5.74) is 11.3. The Bertz CT molecular complexity index is 821. The third-order valence-electron chi connectivity index (χ3n) is 3.38. The van der Waals surface area contributed by atoms with Crippen molar-refractivity contribution < 1.29 is 0 Å². The van der Waals surface area contributed by atoms with Crippen molar-refractivity contribution in [1.29, 1.82) is 0 Å². The zero-order chi connectivity index (χ0) is 15.4. The van der Waals surface area contributed by atoms with Crippen LogP contribution in [0.25, 0.3) is 10.9 Å². The second-order valence-corrected chi connectivity index (χ2v) is 5.42. The average molecular weight is 308 g/mol. The standard InChI is InChI=1S/C17H16N4S/c18-17(22)20-19-11-14-6-7-15-8-9-21(16(15)10-14)12-13-4-2-1-3-5-13/h1-11H,12H2,(H3,18,20,22). The number of aromatic nitrogens is 1. The van der Waals surface area contributed by atoms with Crippen molar-refractivity contribution in [3.63, 3.8) is 0 Å². The number of rotatable bonds is 4. The molecule has 1 heterocycles. The van der Waals surface area contributed by atoms with Crippen LogP contribution in [0.3, 0.4) is 0 Å². The summed E-state index contributed by atoms with van der Waals surface area (Å²) in [7, 11) is 0. The van der Waals surface area contributed by atoms with Crippen LogP contribution in [0.15, 0.2) is 65.9 Å². The van der Waals surface area contributed by atoms with Crippen molar-refractivity contribution in [2.75, 3.05) is 0 Å². The maximum atomic E-state index is 5.34. The number of fused-ring (bicyclic) bond motifs is 1. The lowest BCUT2D eigenvalue weighted by Crippen LogP contribution is -2.23. The average Bonchev–Trinajstić information content (AvgIpc) is 2.91. The molecule has 3 rings (SSSR count). The summed E-state index contributed by atoms with van der Waals surface area (Å²) in [5.74, 6) is 0. The summed E-state index contributed by atoms with van der Waals surface area (Å²) >= 11 is 4.72. The molecule has 22 heavy (non-hydrogen) atoms. The second-order valence-electron chi connectivity index (χ2n) is 4.98. The molecular formula is C17H16N4S. The minimum absolute atomic E-state index is 0.157. The Kier molecular flexibility index (Phi) is 4.16. The molecule has 0 amide bonds. The maximum absolute atomic E-state index is 5.34. The van der Waals surface area contributed by atoms with Crippen molar-refractivity contribution in [3.05, 3.63) is 71.9 Å². The van der Waals surface area contributed by atoms with Crippen LogP contribution in [-0.2, 0) is 6.54 Å². The zero-order valence-corrected chi connectivity index (χ0v) is 12.8. The minimum atomic E-state index is 0.157. The van der Waals surface area contributed by atoms with Gasteiger partial charge in [0.05, 0.1) is 6.21 Å². The van der Waals surface area contributed by atoms with Crippen LogP contribution in [0.1, 0.15) is 11.1 Å². The number of hydrogen-bond acceptors (Lipinski definition) is 2. The fourth-order valence-electron chi connectivity index (χ4n) is 2.37. The molecular weight excluding hydrogens is 292 g/mol. The van der Waals surface area contributed by atoms with E-state index in [9.17, 15) is 0 Å². The maximum Gasteiger partial charge on any atom is 0.184 e. The van der Waals surface area contributed by atoms with E-state index in [1.165, 1.54) is 16.5 Å². The van der Waals surface area contributed by atoms with Crippen LogP contribution < -0.4 is 11.2 Å². The van der Waals surface area contributed by atoms with E-state index in [0.717, 1.165) is 12.1 Å². The van der Waals surface area contributed by atoms with Gasteiger partial charge in [-0.1, -0.05) is 42.5 Å². The first-order valence-corrected chi connectivity index (χ1v) is 7.34. The van der Waals surface area contributed by atoms with E-state index in [1.54, 1.807) is 6.21 Å². The topological polar surface area (TPSA) is 55.3 Å². The Morgan fingerprint density at radius 3 is 2.77 bits per heavy atom. The van der Waals surface area contributed by atoms with Crippen molar-refractivity contribution in [3.8, 4) is 0 Å². The Morgan fingerprint density at radius 1 is 1.18 bits per heavy atom. The van der Waals surface area contributed by atoms with Crippen LogP contribution in [-0.4, -0.2) is 15.9 Å². The van der Waals surface area contributed by atoms with Crippen molar-refractivity contribution in [2.45, 2.75) is 6.54 Å². The summed E-state index contributed by atoms with van der Waals surface area (Å²) in [6.07, 6.45) is 3.81. The molecule has 0 unspecified atom stereocenters. The molecule has 0 spiro atoms. The van der Waals surface area contributed by atoms with Crippen molar-refractivity contribution in [1.82, 2.24) is 9.99 Å². The number of nitrogens with one attached hydrogen (secondary N) is 1. The molecule has 0 saturated carbocycles. The van der Waals surface area contributed by atoms with Gasteiger partial charge in [0.15, 0.2) is 5.11 Å². The van der Waals surface area contributed by atoms with Crippen LogP contribution in [0, 0.1) is 0 Å². The van der Waals surface area contributed by atoms with Gasteiger partial charge in [-0.25, -0.2) is 0 Å². The molecule has 3 N–H and O–H groups in total. The van der Waals surface area contributed by atoms with Crippen LogP contribution in [0.2, 0.25) is 0 Å². The summed E-state index contributed by atoms with van der Waals surface area (Å²) < 4.78 is 2.23. The highest BCUT2D eigenvalue weighted by Gasteiger charge is 2.02. The molecule has 0 bridgehead atoms. The Balaban J connectivity index is 1.88.